The predicted octanol–water partition coefficient (Wildman–Crippen LogP) is 1.12. The van der Waals surface area contributed by atoms with Crippen molar-refractivity contribution in [1.29, 1.82) is 0 Å². The van der Waals surface area contributed by atoms with Gasteiger partial charge in [-0.15, -0.1) is 0 Å². The number of sulfonamides is 1. The normalized spacial score (nSPS) is 12.1. The van der Waals surface area contributed by atoms with Crippen LogP contribution in [-0.2, 0) is 10.0 Å². The van der Waals surface area contributed by atoms with E-state index in [0.717, 1.165) is 18.5 Å². The van der Waals surface area contributed by atoms with Crippen LogP contribution in [0.2, 0.25) is 0 Å². The Bertz CT molecular complexity index is 539. The standard InChI is InChI=1S/C13H23N3O2S/c1-10-6-7-12(14)13(11(10)2)19(17,18)15-8-5-9-16(3)4/h6-7,15H,5,8-9,14H2,1-4H3. The zero-order valence-corrected chi connectivity index (χ0v) is 12.8. The monoisotopic (exact) mass is 285 g/mol. The maximum Gasteiger partial charge on any atom is 0.242 e. The van der Waals surface area contributed by atoms with Gasteiger partial charge in [-0.3, -0.25) is 0 Å². The van der Waals surface area contributed by atoms with Gasteiger partial charge in [-0.1, -0.05) is 6.07 Å². The van der Waals surface area contributed by atoms with Crippen molar-refractivity contribution in [3.8, 4) is 0 Å². The summed E-state index contributed by atoms with van der Waals surface area (Å²) in [5.74, 6) is 0. The zero-order chi connectivity index (χ0) is 14.6. The lowest BCUT2D eigenvalue weighted by Crippen LogP contribution is -2.28. The number of nitrogens with one attached hydrogen (secondary N) is 1. The molecule has 0 radical (unpaired) electrons. The van der Waals surface area contributed by atoms with Crippen molar-refractivity contribution in [1.82, 2.24) is 9.62 Å². The molecule has 0 saturated heterocycles. The van der Waals surface area contributed by atoms with Gasteiger partial charge >= 0.3 is 0 Å². The Morgan fingerprint density at radius 1 is 1.26 bits per heavy atom. The highest BCUT2D eigenvalue weighted by Crippen LogP contribution is 2.24. The minimum absolute atomic E-state index is 0.206. The molecule has 0 saturated carbocycles. The van der Waals surface area contributed by atoms with Crippen molar-refractivity contribution in [2.75, 3.05) is 32.9 Å². The van der Waals surface area contributed by atoms with Gasteiger partial charge in [0.1, 0.15) is 4.90 Å². The van der Waals surface area contributed by atoms with Crippen molar-refractivity contribution >= 4 is 15.7 Å². The summed E-state index contributed by atoms with van der Waals surface area (Å²) < 4.78 is 27.1. The first-order valence-corrected chi connectivity index (χ1v) is 7.74. The van der Waals surface area contributed by atoms with Gasteiger partial charge in [0.25, 0.3) is 0 Å². The van der Waals surface area contributed by atoms with E-state index in [1.807, 2.05) is 32.0 Å². The third kappa shape index (κ3) is 4.19. The third-order valence-corrected chi connectivity index (χ3v) is 4.71. The van der Waals surface area contributed by atoms with Gasteiger partial charge in [-0.2, -0.15) is 0 Å². The van der Waals surface area contributed by atoms with E-state index in [0.29, 0.717) is 17.8 Å². The number of nitrogens with zero attached hydrogens (tertiary/aromatic N) is 1. The lowest BCUT2D eigenvalue weighted by molar-refractivity contribution is 0.400. The molecule has 6 heteroatoms. The molecular weight excluding hydrogens is 262 g/mol. The number of aryl methyl sites for hydroxylation is 1. The summed E-state index contributed by atoms with van der Waals surface area (Å²) in [6.07, 6.45) is 0.761. The number of nitrogen functional groups attached to an aromatic ring is 1. The van der Waals surface area contributed by atoms with Gasteiger partial charge in [0.2, 0.25) is 10.0 Å². The second-order valence-electron chi connectivity index (χ2n) is 4.98. The van der Waals surface area contributed by atoms with E-state index in [9.17, 15) is 8.42 Å². The molecule has 108 valence electrons. The molecule has 0 bridgehead atoms. The number of rotatable bonds is 6. The van der Waals surface area contributed by atoms with E-state index < -0.39 is 10.0 Å². The maximum atomic E-state index is 12.3. The molecule has 0 unspecified atom stereocenters. The maximum absolute atomic E-state index is 12.3. The lowest BCUT2D eigenvalue weighted by Gasteiger charge is -2.14. The first-order chi connectivity index (χ1) is 8.75. The van der Waals surface area contributed by atoms with Crippen LogP contribution in [0.4, 0.5) is 5.69 Å². The van der Waals surface area contributed by atoms with Gasteiger partial charge in [-0.05, 0) is 58.1 Å². The van der Waals surface area contributed by atoms with Crippen LogP contribution in [0.3, 0.4) is 0 Å². The summed E-state index contributed by atoms with van der Waals surface area (Å²) in [6, 6.07) is 3.46. The quantitative estimate of drug-likeness (QED) is 0.606. The van der Waals surface area contributed by atoms with Crippen LogP contribution in [-0.4, -0.2) is 40.5 Å². The minimum atomic E-state index is -3.54. The molecule has 0 heterocycles. The van der Waals surface area contributed by atoms with E-state index in [-0.39, 0.29) is 4.90 Å². The summed E-state index contributed by atoms with van der Waals surface area (Å²) in [4.78, 5) is 2.22. The van der Waals surface area contributed by atoms with Crippen molar-refractivity contribution in [2.24, 2.45) is 0 Å². The highest BCUT2D eigenvalue weighted by molar-refractivity contribution is 7.89. The van der Waals surface area contributed by atoms with Crippen LogP contribution in [0.25, 0.3) is 0 Å². The smallest absolute Gasteiger partial charge is 0.242 e. The van der Waals surface area contributed by atoms with Gasteiger partial charge in [0.05, 0.1) is 5.69 Å². The Kier molecular flexibility index (Phi) is 5.34. The number of benzene rings is 1. The molecule has 0 aromatic heterocycles. The first-order valence-electron chi connectivity index (χ1n) is 6.26. The van der Waals surface area contributed by atoms with Gasteiger partial charge in [0, 0.05) is 6.54 Å². The number of nitrogens with two attached hydrogens (primary N) is 1. The molecule has 19 heavy (non-hydrogen) atoms. The summed E-state index contributed by atoms with van der Waals surface area (Å²) in [5.41, 5.74) is 7.72. The third-order valence-electron chi connectivity index (χ3n) is 3.05. The van der Waals surface area contributed by atoms with Crippen molar-refractivity contribution in [3.63, 3.8) is 0 Å². The van der Waals surface area contributed by atoms with Crippen molar-refractivity contribution < 1.29 is 8.42 Å². The molecule has 0 aliphatic carbocycles. The Balaban J connectivity index is 2.86. The molecule has 3 N–H and O–H groups in total. The zero-order valence-electron chi connectivity index (χ0n) is 12.0. The Morgan fingerprint density at radius 2 is 1.89 bits per heavy atom. The molecule has 1 aromatic rings. The second-order valence-corrected chi connectivity index (χ2v) is 6.68. The van der Waals surface area contributed by atoms with E-state index in [1.165, 1.54) is 0 Å². The van der Waals surface area contributed by atoms with Crippen molar-refractivity contribution in [2.45, 2.75) is 25.2 Å². The molecule has 1 rings (SSSR count). The molecule has 1 aromatic carbocycles. The van der Waals surface area contributed by atoms with E-state index in [1.54, 1.807) is 13.0 Å². The van der Waals surface area contributed by atoms with E-state index in [4.69, 9.17) is 5.73 Å². The second kappa shape index (κ2) is 6.36. The number of anilines is 1. The van der Waals surface area contributed by atoms with Crippen LogP contribution < -0.4 is 10.5 Å². The largest absolute Gasteiger partial charge is 0.398 e. The molecule has 0 aliphatic heterocycles. The highest BCUT2D eigenvalue weighted by atomic mass is 32.2. The SMILES string of the molecule is Cc1ccc(N)c(S(=O)(=O)NCCCN(C)C)c1C. The van der Waals surface area contributed by atoms with E-state index >= 15 is 0 Å². The number of hydrogen-bond acceptors (Lipinski definition) is 4. The molecule has 0 aliphatic rings. The molecule has 0 atom stereocenters. The summed E-state index contributed by atoms with van der Waals surface area (Å²) in [5, 5.41) is 0. The van der Waals surface area contributed by atoms with E-state index in [2.05, 4.69) is 4.72 Å². The Labute approximate surface area is 115 Å². The fraction of sp³-hybridized carbons (Fsp3) is 0.538. The summed E-state index contributed by atoms with van der Waals surface area (Å²) >= 11 is 0. The fourth-order valence-electron chi connectivity index (χ4n) is 1.84. The average molecular weight is 285 g/mol. The van der Waals surface area contributed by atoms with Crippen molar-refractivity contribution in [3.05, 3.63) is 23.3 Å². The van der Waals surface area contributed by atoms with Crippen LogP contribution in [0.1, 0.15) is 17.5 Å². The summed E-state index contributed by atoms with van der Waals surface area (Å²) in [7, 11) is 0.376. The first kappa shape index (κ1) is 15.9. The van der Waals surface area contributed by atoms with Gasteiger partial charge in [-0.25, -0.2) is 13.1 Å². The van der Waals surface area contributed by atoms with Crippen LogP contribution in [0.15, 0.2) is 17.0 Å². The molecule has 5 nitrogen and oxygen atoms in total. The fourth-order valence-corrected chi connectivity index (χ4v) is 3.34. The topological polar surface area (TPSA) is 75.4 Å². The molecule has 0 amide bonds. The van der Waals surface area contributed by atoms with Gasteiger partial charge in [0.15, 0.2) is 0 Å². The molecular formula is C13H23N3O2S. The van der Waals surface area contributed by atoms with Crippen LogP contribution in [0, 0.1) is 13.8 Å². The minimum Gasteiger partial charge on any atom is -0.398 e. The molecule has 0 spiro atoms. The molecule has 0 fully saturated rings. The lowest BCUT2D eigenvalue weighted by atomic mass is 10.1. The van der Waals surface area contributed by atoms with Crippen LogP contribution in [0.5, 0.6) is 0 Å². The average Bonchev–Trinajstić information content (AvgIpc) is 2.29. The predicted molar refractivity (Wildman–Crippen MR) is 78.7 cm³/mol. The number of hydrogen-bond donors (Lipinski definition) is 2. The summed E-state index contributed by atoms with van der Waals surface area (Å²) in [6.45, 7) is 4.90. The van der Waals surface area contributed by atoms with Crippen LogP contribution >= 0.6 is 0 Å². The van der Waals surface area contributed by atoms with Gasteiger partial charge < -0.3 is 10.6 Å². The Hall–Kier alpha value is -1.11. The Morgan fingerprint density at radius 3 is 2.47 bits per heavy atom. The highest BCUT2D eigenvalue weighted by Gasteiger charge is 2.20.